The molecule has 126 valence electrons. The number of amides is 1. The zero-order valence-electron chi connectivity index (χ0n) is 13.2. The van der Waals surface area contributed by atoms with Crippen LogP contribution in [0.3, 0.4) is 0 Å². The lowest BCUT2D eigenvalue weighted by Crippen LogP contribution is -2.45. The molecule has 0 aromatic heterocycles. The molecule has 3 unspecified atom stereocenters. The maximum atomic E-state index is 12.6. The third kappa shape index (κ3) is 3.12. The second-order valence-electron chi connectivity index (χ2n) is 7.06. The largest absolute Gasteiger partial charge is 0.390 e. The van der Waals surface area contributed by atoms with Gasteiger partial charge in [-0.05, 0) is 36.3 Å². The van der Waals surface area contributed by atoms with Crippen molar-refractivity contribution in [3.05, 3.63) is 35.4 Å². The molecule has 0 radical (unpaired) electrons. The van der Waals surface area contributed by atoms with Gasteiger partial charge in [-0.3, -0.25) is 4.79 Å². The van der Waals surface area contributed by atoms with Gasteiger partial charge in [0.15, 0.2) is 0 Å². The van der Waals surface area contributed by atoms with E-state index in [0.29, 0.717) is 18.4 Å². The minimum atomic E-state index is -0.509. The molecule has 2 aliphatic carbocycles. The molecular formula is C18H25ClN2O2. The fraction of sp³-hybridized carbons (Fsp3) is 0.611. The molecule has 3 N–H and O–H groups in total. The van der Waals surface area contributed by atoms with Crippen molar-refractivity contribution < 1.29 is 9.90 Å². The molecule has 1 aromatic rings. The Morgan fingerprint density at radius 1 is 1.22 bits per heavy atom. The van der Waals surface area contributed by atoms with Crippen LogP contribution in [-0.4, -0.2) is 29.2 Å². The van der Waals surface area contributed by atoms with Crippen molar-refractivity contribution in [1.82, 2.24) is 10.6 Å². The first-order chi connectivity index (χ1) is 10.7. The highest BCUT2D eigenvalue weighted by atomic mass is 35.5. The van der Waals surface area contributed by atoms with E-state index in [1.807, 2.05) is 24.3 Å². The Morgan fingerprint density at radius 3 is 2.83 bits per heavy atom. The van der Waals surface area contributed by atoms with Crippen LogP contribution in [0.1, 0.15) is 49.3 Å². The number of fused-ring (bicyclic) bond motifs is 2. The highest BCUT2D eigenvalue weighted by molar-refractivity contribution is 5.85. The normalized spacial score (nSPS) is 35.1. The molecule has 1 amide bonds. The molecule has 1 aromatic carbocycles. The van der Waals surface area contributed by atoms with Crippen molar-refractivity contribution in [3.8, 4) is 0 Å². The van der Waals surface area contributed by atoms with E-state index < -0.39 is 6.10 Å². The quantitative estimate of drug-likeness (QED) is 0.775. The molecule has 4 rings (SSSR count). The second-order valence-corrected chi connectivity index (χ2v) is 7.06. The average Bonchev–Trinajstić information content (AvgIpc) is 3.09. The molecule has 0 bridgehead atoms. The first kappa shape index (κ1) is 16.7. The van der Waals surface area contributed by atoms with Gasteiger partial charge >= 0.3 is 0 Å². The number of aliphatic hydroxyl groups excluding tert-OH is 1. The lowest BCUT2D eigenvalue weighted by molar-refractivity contribution is -0.124. The van der Waals surface area contributed by atoms with E-state index in [1.54, 1.807) is 0 Å². The molecule has 1 heterocycles. The molecule has 23 heavy (non-hydrogen) atoms. The van der Waals surface area contributed by atoms with Crippen LogP contribution in [0.15, 0.2) is 24.3 Å². The minimum absolute atomic E-state index is 0. The van der Waals surface area contributed by atoms with Gasteiger partial charge in [0.25, 0.3) is 0 Å². The fourth-order valence-electron chi connectivity index (χ4n) is 4.52. The summed E-state index contributed by atoms with van der Waals surface area (Å²) in [6, 6.07) is 8.18. The second kappa shape index (κ2) is 6.80. The lowest BCUT2D eigenvalue weighted by Gasteiger charge is -2.24. The summed E-state index contributed by atoms with van der Waals surface area (Å²) < 4.78 is 0. The molecule has 1 saturated heterocycles. The zero-order chi connectivity index (χ0) is 15.1. The summed E-state index contributed by atoms with van der Waals surface area (Å²) in [7, 11) is 0. The summed E-state index contributed by atoms with van der Waals surface area (Å²) in [4.78, 5) is 12.6. The van der Waals surface area contributed by atoms with Gasteiger partial charge in [-0.1, -0.05) is 37.1 Å². The molecule has 4 nitrogen and oxygen atoms in total. The summed E-state index contributed by atoms with van der Waals surface area (Å²) >= 11 is 0. The number of halogens is 1. The summed E-state index contributed by atoms with van der Waals surface area (Å²) in [5.41, 5.74) is 2.21. The number of nitrogens with one attached hydrogen (secondary N) is 2. The summed E-state index contributed by atoms with van der Waals surface area (Å²) in [5, 5.41) is 16.9. The van der Waals surface area contributed by atoms with Crippen LogP contribution in [0.5, 0.6) is 0 Å². The summed E-state index contributed by atoms with van der Waals surface area (Å²) in [5.74, 6) is 0.709. The Bertz CT molecular complexity index is 566. The Hall–Kier alpha value is -1.10. The Morgan fingerprint density at radius 2 is 2.00 bits per heavy atom. The van der Waals surface area contributed by atoms with Crippen molar-refractivity contribution in [2.75, 3.05) is 0 Å². The van der Waals surface area contributed by atoms with E-state index in [2.05, 4.69) is 10.6 Å². The average molecular weight is 337 g/mol. The molecular weight excluding hydrogens is 312 g/mol. The minimum Gasteiger partial charge on any atom is -0.390 e. The summed E-state index contributed by atoms with van der Waals surface area (Å²) in [6.45, 7) is 0. The monoisotopic (exact) mass is 336 g/mol. The van der Waals surface area contributed by atoms with Gasteiger partial charge in [0.1, 0.15) is 0 Å². The van der Waals surface area contributed by atoms with Crippen LogP contribution in [-0.2, 0) is 11.2 Å². The number of rotatable bonds is 2. The van der Waals surface area contributed by atoms with E-state index in [-0.39, 0.29) is 30.4 Å². The predicted octanol–water partition coefficient (Wildman–Crippen LogP) is 2.10. The Labute approximate surface area is 143 Å². The maximum Gasteiger partial charge on any atom is 0.237 e. The van der Waals surface area contributed by atoms with Gasteiger partial charge in [0, 0.05) is 12.5 Å². The topological polar surface area (TPSA) is 61.4 Å². The number of hydrogen-bond donors (Lipinski definition) is 3. The van der Waals surface area contributed by atoms with Crippen LogP contribution >= 0.6 is 12.4 Å². The van der Waals surface area contributed by atoms with Gasteiger partial charge in [0.2, 0.25) is 5.91 Å². The third-order valence-electron chi connectivity index (χ3n) is 5.68. The SMILES string of the molecule is Cl.O=C(N[C@@H]1c2ccccc2C[C@@H]1O)C1CC2CCCCC2N1. The maximum absolute atomic E-state index is 12.6. The van der Waals surface area contributed by atoms with Crippen molar-refractivity contribution in [1.29, 1.82) is 0 Å². The van der Waals surface area contributed by atoms with Gasteiger partial charge in [-0.25, -0.2) is 0 Å². The van der Waals surface area contributed by atoms with E-state index in [4.69, 9.17) is 0 Å². The number of aliphatic hydroxyl groups is 1. The van der Waals surface area contributed by atoms with Gasteiger partial charge in [-0.15, -0.1) is 12.4 Å². The van der Waals surface area contributed by atoms with E-state index >= 15 is 0 Å². The van der Waals surface area contributed by atoms with E-state index in [9.17, 15) is 9.90 Å². The smallest absolute Gasteiger partial charge is 0.237 e. The molecule has 1 aliphatic heterocycles. The zero-order valence-corrected chi connectivity index (χ0v) is 14.0. The third-order valence-corrected chi connectivity index (χ3v) is 5.68. The van der Waals surface area contributed by atoms with Gasteiger partial charge < -0.3 is 15.7 Å². The van der Waals surface area contributed by atoms with Gasteiger partial charge in [0.05, 0.1) is 18.2 Å². The highest BCUT2D eigenvalue weighted by Gasteiger charge is 2.40. The molecule has 5 atom stereocenters. The van der Waals surface area contributed by atoms with Crippen LogP contribution < -0.4 is 10.6 Å². The summed E-state index contributed by atoms with van der Waals surface area (Å²) in [6.07, 6.45) is 6.08. The van der Waals surface area contributed by atoms with E-state index in [0.717, 1.165) is 17.5 Å². The molecule has 3 aliphatic rings. The predicted molar refractivity (Wildman–Crippen MR) is 91.6 cm³/mol. The molecule has 1 saturated carbocycles. The number of carbonyl (C=O) groups excluding carboxylic acids is 1. The van der Waals surface area contributed by atoms with Crippen molar-refractivity contribution in [2.24, 2.45) is 5.92 Å². The van der Waals surface area contributed by atoms with Crippen molar-refractivity contribution >= 4 is 18.3 Å². The lowest BCUT2D eigenvalue weighted by atomic mass is 9.85. The van der Waals surface area contributed by atoms with E-state index in [1.165, 1.54) is 25.7 Å². The Balaban J connectivity index is 0.00000156. The highest BCUT2D eigenvalue weighted by Crippen LogP contribution is 2.35. The number of hydrogen-bond acceptors (Lipinski definition) is 3. The molecule has 0 spiro atoms. The van der Waals surface area contributed by atoms with Gasteiger partial charge in [-0.2, -0.15) is 0 Å². The molecule has 2 fully saturated rings. The standard InChI is InChI=1S/C18H24N2O2.ClH/c21-16-10-11-5-1-3-7-13(11)17(16)20-18(22)15-9-12-6-2-4-8-14(12)19-15;/h1,3,5,7,12,14-17,19,21H,2,4,6,8-10H2,(H,20,22);1H/t12?,14?,15?,16-,17+;/m0./s1. The van der Waals surface area contributed by atoms with Crippen LogP contribution in [0, 0.1) is 5.92 Å². The van der Waals surface area contributed by atoms with Crippen LogP contribution in [0.2, 0.25) is 0 Å². The van der Waals surface area contributed by atoms with Crippen molar-refractivity contribution in [3.63, 3.8) is 0 Å². The van der Waals surface area contributed by atoms with Crippen LogP contribution in [0.4, 0.5) is 0 Å². The first-order valence-electron chi connectivity index (χ1n) is 8.54. The molecule has 5 heteroatoms. The first-order valence-corrected chi connectivity index (χ1v) is 8.54. The Kier molecular flexibility index (Phi) is 4.95. The fourth-order valence-corrected chi connectivity index (χ4v) is 4.52. The van der Waals surface area contributed by atoms with Crippen LogP contribution in [0.25, 0.3) is 0 Å². The number of carbonyl (C=O) groups is 1. The van der Waals surface area contributed by atoms with Crippen molar-refractivity contribution in [2.45, 2.75) is 62.8 Å². The number of benzene rings is 1.